The van der Waals surface area contributed by atoms with Crippen LogP contribution in [0.5, 0.6) is 0 Å². The number of benzene rings is 1. The van der Waals surface area contributed by atoms with Crippen LogP contribution in [0.2, 0.25) is 0 Å². The molecule has 0 aliphatic carbocycles. The van der Waals surface area contributed by atoms with Gasteiger partial charge in [0.2, 0.25) is 0 Å². The molecule has 0 atom stereocenters. The molecule has 2 aromatic rings. The highest BCUT2D eigenvalue weighted by molar-refractivity contribution is 5.70. The quantitative estimate of drug-likeness (QED) is 0.796. The summed E-state index contributed by atoms with van der Waals surface area (Å²) in [6.07, 6.45) is 0. The van der Waals surface area contributed by atoms with Gasteiger partial charge in [0, 0.05) is 5.56 Å². The van der Waals surface area contributed by atoms with Gasteiger partial charge in [-0.1, -0.05) is 17.7 Å². The molecule has 1 aromatic carbocycles. The molecule has 2 rings (SSSR count). The average Bonchev–Trinajstić information content (AvgIpc) is 2.43. The summed E-state index contributed by atoms with van der Waals surface area (Å²) < 4.78 is 5.28. The normalized spacial score (nSPS) is 10.8. The standard InChI is InChI=1S/C13H16N2O/c1-7-5-8(2)11(9(3)6-7)12-10(4)16-13(14)15-12/h5-6H,1-4H3,(H2,14,15). The number of rotatable bonds is 1. The van der Waals surface area contributed by atoms with Crippen LogP contribution in [0.25, 0.3) is 11.3 Å². The molecule has 0 radical (unpaired) electrons. The number of hydrogen-bond acceptors (Lipinski definition) is 3. The Balaban J connectivity index is 2.69. The first kappa shape index (κ1) is 10.7. The number of oxazole rings is 1. The second-order valence-electron chi connectivity index (χ2n) is 4.23. The lowest BCUT2D eigenvalue weighted by molar-refractivity contribution is 0.548. The summed E-state index contributed by atoms with van der Waals surface area (Å²) in [5.41, 5.74) is 11.2. The molecular weight excluding hydrogens is 200 g/mol. The Kier molecular flexibility index (Phi) is 2.46. The van der Waals surface area contributed by atoms with E-state index in [9.17, 15) is 0 Å². The molecule has 0 aliphatic heterocycles. The maximum absolute atomic E-state index is 5.57. The van der Waals surface area contributed by atoms with Crippen LogP contribution in [0.4, 0.5) is 6.01 Å². The number of aryl methyl sites for hydroxylation is 4. The lowest BCUT2D eigenvalue weighted by Crippen LogP contribution is -1.92. The van der Waals surface area contributed by atoms with Crippen LogP contribution < -0.4 is 5.73 Å². The van der Waals surface area contributed by atoms with Gasteiger partial charge in [0.05, 0.1) is 0 Å². The summed E-state index contributed by atoms with van der Waals surface area (Å²) in [6, 6.07) is 4.52. The molecule has 0 unspecified atom stereocenters. The fraction of sp³-hybridized carbons (Fsp3) is 0.308. The summed E-state index contributed by atoms with van der Waals surface area (Å²) in [7, 11) is 0. The zero-order valence-electron chi connectivity index (χ0n) is 10.1. The smallest absolute Gasteiger partial charge is 0.292 e. The highest BCUT2D eigenvalue weighted by Crippen LogP contribution is 2.30. The van der Waals surface area contributed by atoms with Crippen molar-refractivity contribution in [3.8, 4) is 11.3 Å². The van der Waals surface area contributed by atoms with Gasteiger partial charge in [0.1, 0.15) is 11.5 Å². The summed E-state index contributed by atoms with van der Waals surface area (Å²) in [4.78, 5) is 4.24. The Morgan fingerprint density at radius 1 is 1.06 bits per heavy atom. The summed E-state index contributed by atoms with van der Waals surface area (Å²) in [6.45, 7) is 8.14. The highest BCUT2D eigenvalue weighted by Gasteiger charge is 2.14. The van der Waals surface area contributed by atoms with Crippen molar-refractivity contribution < 1.29 is 4.42 Å². The van der Waals surface area contributed by atoms with E-state index in [1.807, 2.05) is 6.92 Å². The van der Waals surface area contributed by atoms with Crippen molar-refractivity contribution in [3.63, 3.8) is 0 Å². The molecular formula is C13H16N2O. The van der Waals surface area contributed by atoms with Crippen molar-refractivity contribution in [2.45, 2.75) is 27.7 Å². The monoisotopic (exact) mass is 216 g/mol. The Hall–Kier alpha value is -1.77. The summed E-state index contributed by atoms with van der Waals surface area (Å²) in [5, 5.41) is 0. The first-order valence-corrected chi connectivity index (χ1v) is 5.30. The van der Waals surface area contributed by atoms with E-state index in [1.165, 1.54) is 16.7 Å². The van der Waals surface area contributed by atoms with Crippen LogP contribution in [-0.2, 0) is 0 Å². The zero-order valence-corrected chi connectivity index (χ0v) is 10.1. The maximum Gasteiger partial charge on any atom is 0.292 e. The molecule has 0 saturated carbocycles. The maximum atomic E-state index is 5.57. The minimum absolute atomic E-state index is 0.229. The van der Waals surface area contributed by atoms with E-state index in [1.54, 1.807) is 0 Å². The fourth-order valence-corrected chi connectivity index (χ4v) is 2.20. The number of nitrogens with two attached hydrogens (primary N) is 1. The van der Waals surface area contributed by atoms with Crippen LogP contribution in [0.3, 0.4) is 0 Å². The van der Waals surface area contributed by atoms with E-state index in [0.29, 0.717) is 0 Å². The minimum atomic E-state index is 0.229. The third-order valence-corrected chi connectivity index (χ3v) is 2.73. The molecule has 1 aromatic heterocycles. The number of aromatic nitrogens is 1. The Morgan fingerprint density at radius 2 is 1.62 bits per heavy atom. The molecule has 0 bridgehead atoms. The van der Waals surface area contributed by atoms with Crippen molar-refractivity contribution in [2.75, 3.05) is 5.73 Å². The molecule has 0 fully saturated rings. The minimum Gasteiger partial charge on any atom is -0.429 e. The van der Waals surface area contributed by atoms with Gasteiger partial charge in [0.25, 0.3) is 6.01 Å². The predicted molar refractivity (Wildman–Crippen MR) is 65.3 cm³/mol. The third kappa shape index (κ3) is 1.69. The van der Waals surface area contributed by atoms with Gasteiger partial charge in [-0.2, -0.15) is 4.98 Å². The number of nitrogen functional groups attached to an aromatic ring is 1. The van der Waals surface area contributed by atoms with Crippen molar-refractivity contribution in [1.29, 1.82) is 0 Å². The molecule has 1 heterocycles. The number of nitrogens with zero attached hydrogens (tertiary/aromatic N) is 1. The van der Waals surface area contributed by atoms with Crippen molar-refractivity contribution in [3.05, 3.63) is 34.6 Å². The van der Waals surface area contributed by atoms with Crippen LogP contribution in [0.1, 0.15) is 22.5 Å². The van der Waals surface area contributed by atoms with Gasteiger partial charge in [-0.15, -0.1) is 0 Å². The molecule has 3 heteroatoms. The Bertz CT molecular complexity index is 518. The lowest BCUT2D eigenvalue weighted by Gasteiger charge is -2.09. The van der Waals surface area contributed by atoms with Gasteiger partial charge in [0.15, 0.2) is 0 Å². The van der Waals surface area contributed by atoms with Gasteiger partial charge < -0.3 is 10.2 Å². The van der Waals surface area contributed by atoms with Crippen LogP contribution in [0, 0.1) is 27.7 Å². The van der Waals surface area contributed by atoms with E-state index in [-0.39, 0.29) is 6.01 Å². The topological polar surface area (TPSA) is 52.0 Å². The molecule has 2 N–H and O–H groups in total. The molecule has 0 aliphatic rings. The lowest BCUT2D eigenvalue weighted by atomic mass is 9.97. The largest absolute Gasteiger partial charge is 0.429 e. The van der Waals surface area contributed by atoms with Crippen LogP contribution >= 0.6 is 0 Å². The van der Waals surface area contributed by atoms with E-state index in [2.05, 4.69) is 37.9 Å². The summed E-state index contributed by atoms with van der Waals surface area (Å²) >= 11 is 0. The third-order valence-electron chi connectivity index (χ3n) is 2.73. The molecule has 16 heavy (non-hydrogen) atoms. The molecule has 0 spiro atoms. The fourth-order valence-electron chi connectivity index (χ4n) is 2.20. The van der Waals surface area contributed by atoms with Crippen LogP contribution in [-0.4, -0.2) is 4.98 Å². The molecule has 3 nitrogen and oxygen atoms in total. The number of anilines is 1. The first-order valence-electron chi connectivity index (χ1n) is 5.30. The highest BCUT2D eigenvalue weighted by atomic mass is 16.4. The van der Waals surface area contributed by atoms with E-state index in [0.717, 1.165) is 17.0 Å². The van der Waals surface area contributed by atoms with Crippen LogP contribution in [0.15, 0.2) is 16.5 Å². The number of hydrogen-bond donors (Lipinski definition) is 1. The Labute approximate surface area is 95.3 Å². The van der Waals surface area contributed by atoms with Crippen molar-refractivity contribution in [1.82, 2.24) is 4.98 Å². The average molecular weight is 216 g/mol. The van der Waals surface area contributed by atoms with E-state index < -0.39 is 0 Å². The predicted octanol–water partition coefficient (Wildman–Crippen LogP) is 3.16. The SMILES string of the molecule is Cc1cc(C)c(-c2nc(N)oc2C)c(C)c1. The molecule has 0 amide bonds. The second-order valence-corrected chi connectivity index (χ2v) is 4.23. The van der Waals surface area contributed by atoms with Gasteiger partial charge in [-0.05, 0) is 38.8 Å². The first-order chi connectivity index (χ1) is 7.49. The van der Waals surface area contributed by atoms with E-state index >= 15 is 0 Å². The molecule has 84 valence electrons. The zero-order chi connectivity index (χ0) is 11.9. The van der Waals surface area contributed by atoms with Gasteiger partial charge in [-0.25, -0.2) is 0 Å². The summed E-state index contributed by atoms with van der Waals surface area (Å²) in [5.74, 6) is 0.771. The van der Waals surface area contributed by atoms with Gasteiger partial charge in [-0.3, -0.25) is 0 Å². The Morgan fingerprint density at radius 3 is 2.06 bits per heavy atom. The van der Waals surface area contributed by atoms with E-state index in [4.69, 9.17) is 10.2 Å². The van der Waals surface area contributed by atoms with Gasteiger partial charge >= 0.3 is 0 Å². The van der Waals surface area contributed by atoms with Crippen molar-refractivity contribution >= 4 is 6.01 Å². The molecule has 0 saturated heterocycles. The second kappa shape index (κ2) is 3.67. The van der Waals surface area contributed by atoms with Crippen molar-refractivity contribution in [2.24, 2.45) is 0 Å².